The van der Waals surface area contributed by atoms with E-state index in [1.54, 1.807) is 0 Å². The molecule has 0 aliphatic rings. The number of ether oxygens (including phenoxy) is 3. The van der Waals surface area contributed by atoms with Crippen molar-refractivity contribution in [3.05, 3.63) is 6.42 Å². The molecule has 0 rings (SSSR count). The van der Waals surface area contributed by atoms with E-state index in [2.05, 4.69) is 27.2 Å². The van der Waals surface area contributed by atoms with Gasteiger partial charge in [-0.2, -0.15) is 0 Å². The van der Waals surface area contributed by atoms with E-state index in [4.69, 9.17) is 14.2 Å². The average molecular weight is 584 g/mol. The first kappa shape index (κ1) is 40.4. The van der Waals surface area contributed by atoms with E-state index in [0.29, 0.717) is 32.7 Å². The Balaban J connectivity index is 4.17. The molecule has 5 nitrogen and oxygen atoms in total. The van der Waals surface area contributed by atoms with Crippen LogP contribution in [0.2, 0.25) is 0 Å². The van der Waals surface area contributed by atoms with Gasteiger partial charge in [0.1, 0.15) is 0 Å². The number of carbonyl (C=O) groups excluding carboxylic acids is 1. The first-order valence-corrected chi connectivity index (χ1v) is 17.9. The van der Waals surface area contributed by atoms with Gasteiger partial charge in [-0.1, -0.05) is 149 Å². The Hall–Kier alpha value is -0.650. The molecule has 0 heterocycles. The summed E-state index contributed by atoms with van der Waals surface area (Å²) >= 11 is 0. The minimum Gasteiger partial charge on any atom is -0.465 e. The molecule has 0 aromatic carbocycles. The summed E-state index contributed by atoms with van der Waals surface area (Å²) in [5, 5.41) is 9.75. The first-order chi connectivity index (χ1) is 20.2. The molecular weight excluding hydrogens is 512 g/mol. The Kier molecular flexibility index (Phi) is 33.3. The number of hydrogen-bond donors (Lipinski definition) is 1. The monoisotopic (exact) mass is 584 g/mol. The van der Waals surface area contributed by atoms with Gasteiger partial charge in [-0.05, 0) is 25.7 Å². The SMILES string of the molecule is C[CH]CCCCCCCCCC(CO)COC(=O)CCC(OCCCCCCCCC)OCCCCCCCCC. The van der Waals surface area contributed by atoms with Crippen LogP contribution in [0.3, 0.4) is 0 Å². The van der Waals surface area contributed by atoms with Crippen LogP contribution in [0.25, 0.3) is 0 Å². The highest BCUT2D eigenvalue weighted by atomic mass is 16.7. The van der Waals surface area contributed by atoms with Gasteiger partial charge >= 0.3 is 5.97 Å². The summed E-state index contributed by atoms with van der Waals surface area (Å²) in [6.07, 6.45) is 31.2. The van der Waals surface area contributed by atoms with E-state index < -0.39 is 0 Å². The van der Waals surface area contributed by atoms with Crippen molar-refractivity contribution in [2.75, 3.05) is 26.4 Å². The normalized spacial score (nSPS) is 12.3. The third kappa shape index (κ3) is 30.6. The first-order valence-electron chi connectivity index (χ1n) is 17.9. The zero-order chi connectivity index (χ0) is 30.1. The average Bonchev–Trinajstić information content (AvgIpc) is 2.98. The quantitative estimate of drug-likeness (QED) is 0.0464. The van der Waals surface area contributed by atoms with Crippen LogP contribution in [0.1, 0.15) is 181 Å². The molecule has 5 heteroatoms. The highest BCUT2D eigenvalue weighted by Crippen LogP contribution is 2.16. The zero-order valence-corrected chi connectivity index (χ0v) is 27.8. The Bertz CT molecular complexity index is 492. The maximum absolute atomic E-state index is 12.5. The second-order valence-corrected chi connectivity index (χ2v) is 12.1. The highest BCUT2D eigenvalue weighted by molar-refractivity contribution is 5.69. The fraction of sp³-hybridized carbons (Fsp3) is 0.944. The molecule has 0 saturated carbocycles. The van der Waals surface area contributed by atoms with Crippen molar-refractivity contribution >= 4 is 5.97 Å². The number of aliphatic hydroxyl groups is 1. The van der Waals surface area contributed by atoms with Crippen molar-refractivity contribution in [2.24, 2.45) is 5.92 Å². The van der Waals surface area contributed by atoms with Crippen LogP contribution < -0.4 is 0 Å². The van der Waals surface area contributed by atoms with Crippen LogP contribution in [0, 0.1) is 12.3 Å². The van der Waals surface area contributed by atoms with Crippen LogP contribution in [-0.4, -0.2) is 43.8 Å². The lowest BCUT2D eigenvalue weighted by Gasteiger charge is -2.19. The van der Waals surface area contributed by atoms with E-state index in [1.165, 1.54) is 122 Å². The fourth-order valence-electron chi connectivity index (χ4n) is 5.17. The summed E-state index contributed by atoms with van der Waals surface area (Å²) in [6.45, 7) is 8.39. The molecule has 1 N–H and O–H groups in total. The highest BCUT2D eigenvalue weighted by Gasteiger charge is 2.15. The number of rotatable bonds is 34. The molecule has 245 valence electrons. The summed E-state index contributed by atoms with van der Waals surface area (Å²) < 4.78 is 17.7. The summed E-state index contributed by atoms with van der Waals surface area (Å²) in [5.74, 6) is -0.172. The second kappa shape index (κ2) is 33.8. The van der Waals surface area contributed by atoms with Gasteiger partial charge in [-0.3, -0.25) is 4.79 Å². The van der Waals surface area contributed by atoms with Crippen LogP contribution in [0.15, 0.2) is 0 Å². The number of aliphatic hydroxyl groups excluding tert-OH is 1. The summed E-state index contributed by atoms with van der Waals surface area (Å²) in [6, 6.07) is 0. The van der Waals surface area contributed by atoms with Gasteiger partial charge in [-0.15, -0.1) is 0 Å². The molecule has 0 bridgehead atoms. The molecule has 0 spiro atoms. The topological polar surface area (TPSA) is 65.0 Å². The molecule has 0 fully saturated rings. The van der Waals surface area contributed by atoms with E-state index in [9.17, 15) is 9.90 Å². The maximum Gasteiger partial charge on any atom is 0.305 e. The van der Waals surface area contributed by atoms with Crippen molar-refractivity contribution in [3.8, 4) is 0 Å². The van der Waals surface area contributed by atoms with Crippen LogP contribution in [0.4, 0.5) is 0 Å². The fourth-order valence-corrected chi connectivity index (χ4v) is 5.17. The molecule has 0 aliphatic heterocycles. The molecule has 0 amide bonds. The van der Waals surface area contributed by atoms with Crippen LogP contribution in [-0.2, 0) is 19.0 Å². The predicted octanol–water partition coefficient (Wildman–Crippen LogP) is 10.5. The minimum atomic E-state index is -0.337. The van der Waals surface area contributed by atoms with Gasteiger partial charge < -0.3 is 19.3 Å². The van der Waals surface area contributed by atoms with Gasteiger partial charge in [0.2, 0.25) is 0 Å². The minimum absolute atomic E-state index is 0.0389. The van der Waals surface area contributed by atoms with E-state index >= 15 is 0 Å². The molecule has 1 unspecified atom stereocenters. The lowest BCUT2D eigenvalue weighted by molar-refractivity contribution is -0.160. The molecule has 0 aliphatic carbocycles. The maximum atomic E-state index is 12.5. The van der Waals surface area contributed by atoms with Crippen molar-refractivity contribution in [1.29, 1.82) is 0 Å². The smallest absolute Gasteiger partial charge is 0.305 e. The Morgan fingerprint density at radius 3 is 1.59 bits per heavy atom. The Morgan fingerprint density at radius 1 is 0.634 bits per heavy atom. The van der Waals surface area contributed by atoms with Crippen LogP contribution >= 0.6 is 0 Å². The van der Waals surface area contributed by atoms with E-state index in [0.717, 1.165) is 25.7 Å². The number of carbonyl (C=O) groups is 1. The van der Waals surface area contributed by atoms with Crippen molar-refractivity contribution in [1.82, 2.24) is 0 Å². The summed E-state index contributed by atoms with van der Waals surface area (Å²) in [7, 11) is 0. The lowest BCUT2D eigenvalue weighted by Crippen LogP contribution is -2.22. The third-order valence-electron chi connectivity index (χ3n) is 8.03. The lowest BCUT2D eigenvalue weighted by atomic mass is 10.0. The summed E-state index contributed by atoms with van der Waals surface area (Å²) in [5.41, 5.74) is 0. The van der Waals surface area contributed by atoms with E-state index in [-0.39, 0.29) is 24.8 Å². The largest absolute Gasteiger partial charge is 0.465 e. The van der Waals surface area contributed by atoms with Gasteiger partial charge in [-0.25, -0.2) is 0 Å². The standard InChI is InChI=1S/C36H71O5/c1-4-7-10-13-16-17-18-21-24-27-34(32-37)33-41-35(38)28-29-36(39-30-25-22-19-14-11-8-5-2)40-31-26-23-20-15-12-9-6-3/h4,34,36-37H,5-33H2,1-3H3. The van der Waals surface area contributed by atoms with Gasteiger partial charge in [0.15, 0.2) is 6.29 Å². The molecule has 41 heavy (non-hydrogen) atoms. The third-order valence-corrected chi connectivity index (χ3v) is 8.03. The second-order valence-electron chi connectivity index (χ2n) is 12.1. The Morgan fingerprint density at radius 2 is 1.10 bits per heavy atom. The van der Waals surface area contributed by atoms with E-state index in [1.807, 2.05) is 0 Å². The van der Waals surface area contributed by atoms with Crippen LogP contribution in [0.5, 0.6) is 0 Å². The molecule has 1 atom stereocenters. The van der Waals surface area contributed by atoms with Gasteiger partial charge in [0.25, 0.3) is 0 Å². The molecule has 0 aromatic rings. The number of esters is 1. The molecule has 0 aromatic heterocycles. The zero-order valence-electron chi connectivity index (χ0n) is 27.8. The molecular formula is C36H71O5. The predicted molar refractivity (Wildman–Crippen MR) is 174 cm³/mol. The number of unbranched alkanes of at least 4 members (excludes halogenated alkanes) is 20. The molecule has 0 saturated heterocycles. The van der Waals surface area contributed by atoms with Gasteiger partial charge in [0, 0.05) is 32.2 Å². The Labute approximate surface area is 256 Å². The van der Waals surface area contributed by atoms with Gasteiger partial charge in [0.05, 0.1) is 13.0 Å². The van der Waals surface area contributed by atoms with Crippen molar-refractivity contribution < 1.29 is 24.1 Å². The summed E-state index contributed by atoms with van der Waals surface area (Å²) in [4.78, 5) is 12.5. The molecule has 1 radical (unpaired) electrons. The van der Waals surface area contributed by atoms with Crippen molar-refractivity contribution in [2.45, 2.75) is 188 Å². The van der Waals surface area contributed by atoms with Crippen molar-refractivity contribution in [3.63, 3.8) is 0 Å². The number of hydrogen-bond acceptors (Lipinski definition) is 5.